The van der Waals surface area contributed by atoms with Crippen molar-refractivity contribution in [2.75, 3.05) is 43.6 Å². The molecule has 142 valence electrons. The zero-order chi connectivity index (χ0) is 19.4. The monoisotopic (exact) mass is 408 g/mol. The molecule has 8 heteroatoms. The van der Waals surface area contributed by atoms with Crippen LogP contribution in [0.15, 0.2) is 36.4 Å². The molecule has 1 fully saturated rings. The van der Waals surface area contributed by atoms with E-state index in [1.54, 1.807) is 30.3 Å². The van der Waals surface area contributed by atoms with Crippen LogP contribution in [0.5, 0.6) is 0 Å². The van der Waals surface area contributed by atoms with E-state index in [0.29, 0.717) is 42.6 Å². The Kier molecular flexibility index (Phi) is 6.21. The number of rotatable bonds is 4. The number of anilines is 2. The van der Waals surface area contributed by atoms with Gasteiger partial charge >= 0.3 is 5.97 Å². The van der Waals surface area contributed by atoms with Crippen LogP contribution in [0.25, 0.3) is 0 Å². The summed E-state index contributed by atoms with van der Waals surface area (Å²) in [5, 5.41) is 3.43. The molecule has 27 heavy (non-hydrogen) atoms. The predicted molar refractivity (Wildman–Crippen MR) is 105 cm³/mol. The number of hydrogen-bond acceptors (Lipinski definition) is 5. The highest BCUT2D eigenvalue weighted by Crippen LogP contribution is 2.27. The number of hydrogen-bond donors (Lipinski definition) is 1. The molecule has 2 aromatic rings. The van der Waals surface area contributed by atoms with Gasteiger partial charge in [-0.15, -0.1) is 0 Å². The van der Waals surface area contributed by atoms with Crippen molar-refractivity contribution in [2.45, 2.75) is 0 Å². The van der Waals surface area contributed by atoms with Crippen molar-refractivity contribution >= 4 is 46.5 Å². The van der Waals surface area contributed by atoms with Crippen LogP contribution in [-0.4, -0.2) is 45.3 Å². The maximum absolute atomic E-state index is 12.5. The van der Waals surface area contributed by atoms with Crippen LogP contribution in [0.3, 0.4) is 0 Å². The van der Waals surface area contributed by atoms with Gasteiger partial charge in [0.25, 0.3) is 5.91 Å². The number of carbonyl (C=O) groups is 2. The summed E-state index contributed by atoms with van der Waals surface area (Å²) in [6.45, 7) is 2.53. The second-order valence-electron chi connectivity index (χ2n) is 5.90. The molecule has 0 radical (unpaired) electrons. The summed E-state index contributed by atoms with van der Waals surface area (Å²) in [5.74, 6) is -0.897. The van der Waals surface area contributed by atoms with Crippen molar-refractivity contribution in [3.8, 4) is 0 Å². The van der Waals surface area contributed by atoms with Crippen LogP contribution in [0.2, 0.25) is 10.0 Å². The average molecular weight is 409 g/mol. The molecular formula is C19H18Cl2N2O4. The zero-order valence-electron chi connectivity index (χ0n) is 14.6. The Morgan fingerprint density at radius 1 is 1.07 bits per heavy atom. The third kappa shape index (κ3) is 4.53. The lowest BCUT2D eigenvalue weighted by atomic mass is 10.1. The first-order valence-electron chi connectivity index (χ1n) is 8.31. The number of morpholine rings is 1. The molecule has 1 saturated heterocycles. The predicted octanol–water partition coefficient (Wildman–Crippen LogP) is 3.87. The topological polar surface area (TPSA) is 67.9 Å². The molecule has 1 N–H and O–H groups in total. The number of amides is 1. The number of nitrogens with one attached hydrogen (secondary N) is 1. The highest BCUT2D eigenvalue weighted by molar-refractivity contribution is 6.36. The summed E-state index contributed by atoms with van der Waals surface area (Å²) in [6, 6.07) is 9.75. The minimum Gasteiger partial charge on any atom is -0.465 e. The summed E-state index contributed by atoms with van der Waals surface area (Å²) in [5.41, 5.74) is 1.81. The Bertz CT molecular complexity index is 867. The lowest BCUT2D eigenvalue weighted by molar-refractivity contribution is 0.0600. The molecule has 0 saturated carbocycles. The van der Waals surface area contributed by atoms with Gasteiger partial charge in [0.2, 0.25) is 0 Å². The van der Waals surface area contributed by atoms with Gasteiger partial charge in [0, 0.05) is 23.8 Å². The quantitative estimate of drug-likeness (QED) is 0.777. The third-order valence-electron chi connectivity index (χ3n) is 4.18. The van der Waals surface area contributed by atoms with Crippen LogP contribution < -0.4 is 10.2 Å². The minimum absolute atomic E-state index is 0.251. The first-order chi connectivity index (χ1) is 13.0. The van der Waals surface area contributed by atoms with Gasteiger partial charge in [-0.25, -0.2) is 4.79 Å². The van der Waals surface area contributed by atoms with E-state index in [9.17, 15) is 9.59 Å². The van der Waals surface area contributed by atoms with Crippen molar-refractivity contribution in [3.63, 3.8) is 0 Å². The fourth-order valence-corrected chi connectivity index (χ4v) is 3.21. The van der Waals surface area contributed by atoms with Crippen molar-refractivity contribution < 1.29 is 19.1 Å². The van der Waals surface area contributed by atoms with Crippen LogP contribution in [0.4, 0.5) is 11.4 Å². The highest BCUT2D eigenvalue weighted by atomic mass is 35.5. The second-order valence-corrected chi connectivity index (χ2v) is 6.74. The maximum Gasteiger partial charge on any atom is 0.340 e. The van der Waals surface area contributed by atoms with E-state index >= 15 is 0 Å². The smallest absolute Gasteiger partial charge is 0.340 e. The fourth-order valence-electron chi connectivity index (χ4n) is 2.84. The molecule has 0 spiro atoms. The number of esters is 1. The van der Waals surface area contributed by atoms with Gasteiger partial charge in [-0.3, -0.25) is 4.79 Å². The zero-order valence-corrected chi connectivity index (χ0v) is 16.1. The first-order valence-corrected chi connectivity index (χ1v) is 9.06. The number of carbonyl (C=O) groups excluding carboxylic acids is 2. The van der Waals surface area contributed by atoms with Crippen molar-refractivity contribution in [1.29, 1.82) is 0 Å². The Morgan fingerprint density at radius 3 is 2.52 bits per heavy atom. The van der Waals surface area contributed by atoms with Gasteiger partial charge in [0.05, 0.1) is 42.2 Å². The first kappa shape index (κ1) is 19.5. The van der Waals surface area contributed by atoms with Crippen LogP contribution in [0, 0.1) is 0 Å². The SMILES string of the molecule is COC(=O)c1cc(NC(=O)c2cc(Cl)ccc2Cl)ccc1N1CCOCC1. The van der Waals surface area contributed by atoms with Gasteiger partial charge in [0.1, 0.15) is 0 Å². The van der Waals surface area contributed by atoms with Gasteiger partial charge < -0.3 is 19.7 Å². The molecular weight excluding hydrogens is 391 g/mol. The van der Waals surface area contributed by atoms with Crippen LogP contribution in [0.1, 0.15) is 20.7 Å². The highest BCUT2D eigenvalue weighted by Gasteiger charge is 2.21. The summed E-state index contributed by atoms with van der Waals surface area (Å²) in [7, 11) is 1.32. The summed E-state index contributed by atoms with van der Waals surface area (Å²) in [4.78, 5) is 26.8. The molecule has 0 atom stereocenters. The fraction of sp³-hybridized carbons (Fsp3) is 0.263. The van der Waals surface area contributed by atoms with E-state index in [4.69, 9.17) is 32.7 Å². The number of ether oxygens (including phenoxy) is 2. The van der Waals surface area contributed by atoms with Gasteiger partial charge in [-0.05, 0) is 36.4 Å². The number of methoxy groups -OCH3 is 1. The largest absolute Gasteiger partial charge is 0.465 e. The van der Waals surface area contributed by atoms with Crippen molar-refractivity contribution in [1.82, 2.24) is 0 Å². The van der Waals surface area contributed by atoms with E-state index in [-0.39, 0.29) is 10.6 Å². The minimum atomic E-state index is -0.478. The summed E-state index contributed by atoms with van der Waals surface area (Å²) < 4.78 is 10.3. The number of nitrogens with zero attached hydrogens (tertiary/aromatic N) is 1. The van der Waals surface area contributed by atoms with Crippen LogP contribution in [-0.2, 0) is 9.47 Å². The van der Waals surface area contributed by atoms with E-state index in [2.05, 4.69) is 10.2 Å². The van der Waals surface area contributed by atoms with E-state index in [1.165, 1.54) is 13.2 Å². The molecule has 0 aromatic heterocycles. The third-order valence-corrected chi connectivity index (χ3v) is 4.75. The normalized spacial score (nSPS) is 14.0. The molecule has 6 nitrogen and oxygen atoms in total. The molecule has 1 aliphatic heterocycles. The number of benzene rings is 2. The van der Waals surface area contributed by atoms with Crippen LogP contribution >= 0.6 is 23.2 Å². The maximum atomic E-state index is 12.5. The lowest BCUT2D eigenvalue weighted by Gasteiger charge is -2.30. The molecule has 1 heterocycles. The molecule has 1 amide bonds. The summed E-state index contributed by atoms with van der Waals surface area (Å²) in [6.07, 6.45) is 0. The Hall–Kier alpha value is -2.28. The molecule has 0 aliphatic carbocycles. The van der Waals surface area contributed by atoms with Gasteiger partial charge in [0.15, 0.2) is 0 Å². The van der Waals surface area contributed by atoms with E-state index < -0.39 is 11.9 Å². The standard InChI is InChI=1S/C19H18Cl2N2O4/c1-26-19(25)15-11-13(3-5-17(15)23-6-8-27-9-7-23)22-18(24)14-10-12(20)2-4-16(14)21/h2-5,10-11H,6-9H2,1H3,(H,22,24). The molecule has 1 aliphatic rings. The van der Waals surface area contributed by atoms with Gasteiger partial charge in [-0.2, -0.15) is 0 Å². The Balaban J connectivity index is 1.88. The summed E-state index contributed by atoms with van der Waals surface area (Å²) >= 11 is 12.0. The van der Waals surface area contributed by atoms with E-state index in [0.717, 1.165) is 5.69 Å². The molecule has 0 bridgehead atoms. The van der Waals surface area contributed by atoms with Crippen molar-refractivity contribution in [3.05, 3.63) is 57.6 Å². The Morgan fingerprint density at radius 2 is 1.81 bits per heavy atom. The second kappa shape index (κ2) is 8.61. The molecule has 3 rings (SSSR count). The van der Waals surface area contributed by atoms with Crippen molar-refractivity contribution in [2.24, 2.45) is 0 Å². The molecule has 0 unspecified atom stereocenters. The van der Waals surface area contributed by atoms with E-state index in [1.807, 2.05) is 0 Å². The molecule has 2 aromatic carbocycles. The lowest BCUT2D eigenvalue weighted by Crippen LogP contribution is -2.37. The Labute approximate surface area is 167 Å². The van der Waals surface area contributed by atoms with Gasteiger partial charge in [-0.1, -0.05) is 23.2 Å². The average Bonchev–Trinajstić information content (AvgIpc) is 2.69. The number of halogens is 2.